The largest absolute Gasteiger partial charge is 0.354 e. The lowest BCUT2D eigenvalue weighted by Gasteiger charge is -2.34. The van der Waals surface area contributed by atoms with E-state index < -0.39 is 0 Å². The minimum absolute atomic E-state index is 0.494. The number of hydrogen-bond acceptors (Lipinski definition) is 7. The Morgan fingerprint density at radius 1 is 1.07 bits per heavy atom. The van der Waals surface area contributed by atoms with Gasteiger partial charge in [-0.05, 0) is 25.3 Å². The van der Waals surface area contributed by atoms with Crippen molar-refractivity contribution in [2.24, 2.45) is 0 Å². The van der Waals surface area contributed by atoms with Crippen LogP contribution in [-0.4, -0.2) is 51.2 Å². The molecule has 0 amide bonds. The van der Waals surface area contributed by atoms with Crippen LogP contribution in [0.1, 0.15) is 36.0 Å². The van der Waals surface area contributed by atoms with Crippen LogP contribution in [0.2, 0.25) is 5.15 Å². The Bertz CT molecular complexity index is 1010. The molecule has 3 heterocycles. The standard InChI is InChI=1S/C21H23ClN6O/c1-14-4-2-3-5-16(14)21-25-19(29-26-21)13-27-8-10-28(11-9-27)18-12-17(22)23-20(24-18)15-6-7-15/h2-5,12,15H,6-11,13H2,1H3. The third-order valence-electron chi connectivity index (χ3n) is 5.55. The topological polar surface area (TPSA) is 71.2 Å². The molecule has 1 saturated heterocycles. The summed E-state index contributed by atoms with van der Waals surface area (Å²) in [5.74, 6) is 3.63. The molecule has 0 unspecified atom stereocenters. The van der Waals surface area contributed by atoms with E-state index in [0.717, 1.165) is 48.9 Å². The minimum Gasteiger partial charge on any atom is -0.354 e. The number of nitrogens with zero attached hydrogens (tertiary/aromatic N) is 6. The molecule has 1 aliphatic heterocycles. The number of halogens is 1. The van der Waals surface area contributed by atoms with Crippen LogP contribution in [0.5, 0.6) is 0 Å². The highest BCUT2D eigenvalue weighted by Crippen LogP contribution is 2.39. The van der Waals surface area contributed by atoms with Crippen LogP contribution < -0.4 is 4.90 Å². The lowest BCUT2D eigenvalue weighted by atomic mass is 10.1. The molecule has 5 rings (SSSR count). The molecule has 8 heteroatoms. The minimum atomic E-state index is 0.494. The molecule has 150 valence electrons. The second kappa shape index (κ2) is 7.72. The van der Waals surface area contributed by atoms with Gasteiger partial charge in [-0.3, -0.25) is 4.90 Å². The predicted octanol–water partition coefficient (Wildman–Crippen LogP) is 3.69. The SMILES string of the molecule is Cc1ccccc1-c1noc(CN2CCN(c3cc(Cl)nc(C4CC4)n3)CC2)n1. The summed E-state index contributed by atoms with van der Waals surface area (Å²) in [6.45, 7) is 6.29. The maximum atomic E-state index is 6.23. The molecular formula is C21H23ClN6O. The first kappa shape index (κ1) is 18.5. The quantitative estimate of drug-likeness (QED) is 0.594. The number of aromatic nitrogens is 4. The zero-order valence-corrected chi connectivity index (χ0v) is 17.1. The van der Waals surface area contributed by atoms with Crippen LogP contribution in [0.15, 0.2) is 34.9 Å². The molecule has 7 nitrogen and oxygen atoms in total. The van der Waals surface area contributed by atoms with Gasteiger partial charge in [0.25, 0.3) is 0 Å². The molecule has 0 atom stereocenters. The number of piperazine rings is 1. The average Bonchev–Trinajstić information content (AvgIpc) is 3.48. The van der Waals surface area contributed by atoms with E-state index in [-0.39, 0.29) is 0 Å². The summed E-state index contributed by atoms with van der Waals surface area (Å²) < 4.78 is 5.50. The van der Waals surface area contributed by atoms with E-state index in [1.54, 1.807) is 0 Å². The Kier molecular flexibility index (Phi) is 4.93. The van der Waals surface area contributed by atoms with Gasteiger partial charge in [-0.25, -0.2) is 9.97 Å². The maximum absolute atomic E-state index is 6.23. The molecular weight excluding hydrogens is 388 g/mol. The molecule has 0 N–H and O–H groups in total. The van der Waals surface area contributed by atoms with Crippen molar-refractivity contribution in [3.8, 4) is 11.4 Å². The summed E-state index contributed by atoms with van der Waals surface area (Å²) in [5, 5.41) is 4.70. The number of anilines is 1. The van der Waals surface area contributed by atoms with Crippen molar-refractivity contribution in [3.63, 3.8) is 0 Å². The van der Waals surface area contributed by atoms with Gasteiger partial charge in [0.05, 0.1) is 6.54 Å². The van der Waals surface area contributed by atoms with E-state index in [1.807, 2.05) is 24.3 Å². The van der Waals surface area contributed by atoms with Crippen LogP contribution in [0.4, 0.5) is 5.82 Å². The Balaban J connectivity index is 1.21. The van der Waals surface area contributed by atoms with Crippen molar-refractivity contribution >= 4 is 17.4 Å². The average molecular weight is 411 g/mol. The van der Waals surface area contributed by atoms with Crippen molar-refractivity contribution in [1.29, 1.82) is 0 Å². The highest BCUT2D eigenvalue weighted by Gasteiger charge is 2.28. The monoisotopic (exact) mass is 410 g/mol. The zero-order chi connectivity index (χ0) is 19.8. The molecule has 0 spiro atoms. The van der Waals surface area contributed by atoms with E-state index in [1.165, 1.54) is 12.8 Å². The van der Waals surface area contributed by atoms with Gasteiger partial charge in [0.15, 0.2) is 0 Å². The van der Waals surface area contributed by atoms with E-state index in [9.17, 15) is 0 Å². The van der Waals surface area contributed by atoms with E-state index in [4.69, 9.17) is 21.1 Å². The smallest absolute Gasteiger partial charge is 0.241 e. The normalized spacial score (nSPS) is 17.7. The first-order valence-electron chi connectivity index (χ1n) is 10.1. The second-order valence-electron chi connectivity index (χ2n) is 7.77. The van der Waals surface area contributed by atoms with Gasteiger partial charge < -0.3 is 9.42 Å². The summed E-state index contributed by atoms with van der Waals surface area (Å²) in [5.41, 5.74) is 2.15. The van der Waals surface area contributed by atoms with E-state index in [0.29, 0.717) is 29.3 Å². The predicted molar refractivity (Wildman–Crippen MR) is 111 cm³/mol. The van der Waals surface area contributed by atoms with Crippen molar-refractivity contribution in [2.75, 3.05) is 31.1 Å². The molecule has 2 aliphatic rings. The summed E-state index contributed by atoms with van der Waals surface area (Å²) in [4.78, 5) is 18.3. The summed E-state index contributed by atoms with van der Waals surface area (Å²) >= 11 is 6.23. The number of aryl methyl sites for hydroxylation is 1. The number of rotatable bonds is 5. The fourth-order valence-electron chi connectivity index (χ4n) is 3.69. The molecule has 2 aromatic heterocycles. The van der Waals surface area contributed by atoms with Gasteiger partial charge in [-0.2, -0.15) is 4.98 Å². The first-order valence-corrected chi connectivity index (χ1v) is 10.4. The highest BCUT2D eigenvalue weighted by molar-refractivity contribution is 6.29. The van der Waals surface area contributed by atoms with Crippen LogP contribution in [0, 0.1) is 6.92 Å². The van der Waals surface area contributed by atoms with Crippen LogP contribution in [0.25, 0.3) is 11.4 Å². The Labute approximate surface area is 174 Å². The Morgan fingerprint density at radius 2 is 1.86 bits per heavy atom. The summed E-state index contributed by atoms with van der Waals surface area (Å²) in [6.07, 6.45) is 2.34. The lowest BCUT2D eigenvalue weighted by Crippen LogP contribution is -2.46. The molecule has 0 bridgehead atoms. The van der Waals surface area contributed by atoms with Crippen molar-refractivity contribution in [1.82, 2.24) is 25.0 Å². The van der Waals surface area contributed by atoms with Gasteiger partial charge in [-0.15, -0.1) is 0 Å². The molecule has 0 radical (unpaired) electrons. The molecule has 1 aromatic carbocycles. The van der Waals surface area contributed by atoms with Gasteiger partial charge in [-0.1, -0.05) is 41.0 Å². The van der Waals surface area contributed by atoms with Gasteiger partial charge >= 0.3 is 0 Å². The van der Waals surface area contributed by atoms with Crippen molar-refractivity contribution in [2.45, 2.75) is 32.2 Å². The summed E-state index contributed by atoms with van der Waals surface area (Å²) in [6, 6.07) is 9.95. The van der Waals surface area contributed by atoms with E-state index >= 15 is 0 Å². The fourth-order valence-corrected chi connectivity index (χ4v) is 3.87. The maximum Gasteiger partial charge on any atom is 0.241 e. The highest BCUT2D eigenvalue weighted by atomic mass is 35.5. The van der Waals surface area contributed by atoms with Gasteiger partial charge in [0.2, 0.25) is 11.7 Å². The second-order valence-corrected chi connectivity index (χ2v) is 8.16. The zero-order valence-electron chi connectivity index (χ0n) is 16.4. The van der Waals surface area contributed by atoms with Crippen molar-refractivity contribution in [3.05, 3.63) is 52.8 Å². The first-order chi connectivity index (χ1) is 14.2. The number of benzene rings is 1. The van der Waals surface area contributed by atoms with Gasteiger partial charge in [0, 0.05) is 43.7 Å². The third-order valence-corrected chi connectivity index (χ3v) is 5.74. The Morgan fingerprint density at radius 3 is 2.62 bits per heavy atom. The fraction of sp³-hybridized carbons (Fsp3) is 0.429. The van der Waals surface area contributed by atoms with Crippen LogP contribution >= 0.6 is 11.6 Å². The van der Waals surface area contributed by atoms with Gasteiger partial charge in [0.1, 0.15) is 16.8 Å². The molecule has 1 saturated carbocycles. The molecule has 2 fully saturated rings. The van der Waals surface area contributed by atoms with Crippen LogP contribution in [-0.2, 0) is 6.54 Å². The van der Waals surface area contributed by atoms with E-state index in [2.05, 4.69) is 37.9 Å². The Hall–Kier alpha value is -2.51. The third kappa shape index (κ3) is 4.11. The summed E-state index contributed by atoms with van der Waals surface area (Å²) in [7, 11) is 0. The lowest BCUT2D eigenvalue weighted by molar-refractivity contribution is 0.215. The molecule has 1 aliphatic carbocycles. The molecule has 29 heavy (non-hydrogen) atoms. The van der Waals surface area contributed by atoms with Crippen LogP contribution in [0.3, 0.4) is 0 Å². The number of hydrogen-bond donors (Lipinski definition) is 0. The molecule has 3 aromatic rings. The van der Waals surface area contributed by atoms with Crippen molar-refractivity contribution < 1.29 is 4.52 Å².